The van der Waals surface area contributed by atoms with Gasteiger partial charge >= 0.3 is 0 Å². The normalized spacial score (nSPS) is 16.8. The molecule has 2 fully saturated rings. The number of pyridine rings is 1. The lowest BCUT2D eigenvalue weighted by molar-refractivity contribution is 0.246. The molecule has 0 N–H and O–H groups in total. The third-order valence-electron chi connectivity index (χ3n) is 9.11. The number of aryl methyl sites for hydroxylation is 1. The Hall–Kier alpha value is -4.06. The summed E-state index contributed by atoms with van der Waals surface area (Å²) in [6.45, 7) is 12.7. The fraction of sp³-hybridized carbons (Fsp3) is 0.297. The summed E-state index contributed by atoms with van der Waals surface area (Å²) in [4.78, 5) is 10.4. The summed E-state index contributed by atoms with van der Waals surface area (Å²) in [5.41, 5.74) is 11.0. The maximum Gasteiger partial charge on any atom is 0.0507 e. The summed E-state index contributed by atoms with van der Waals surface area (Å²) < 4.78 is 2.49. The van der Waals surface area contributed by atoms with Crippen LogP contribution in [0.2, 0.25) is 0 Å². The fourth-order valence-corrected chi connectivity index (χ4v) is 6.80. The second-order valence-corrected chi connectivity index (χ2v) is 11.8. The lowest BCUT2D eigenvalue weighted by Crippen LogP contribution is -2.46. The minimum atomic E-state index is 0.957. The average Bonchev–Trinajstić information content (AvgIpc) is 3.34. The van der Waals surface area contributed by atoms with E-state index in [4.69, 9.17) is 0 Å². The maximum atomic E-state index is 2.66. The molecule has 0 atom stereocenters. The summed E-state index contributed by atoms with van der Waals surface area (Å²) in [6.07, 6.45) is 2.31. The van der Waals surface area contributed by atoms with Crippen molar-refractivity contribution in [2.45, 2.75) is 20.0 Å². The number of hydrogen-bond donors (Lipinski definition) is 0. The zero-order chi connectivity index (χ0) is 28.3. The van der Waals surface area contributed by atoms with E-state index < -0.39 is 0 Å². The number of hydrogen-bond acceptors (Lipinski definition) is 4. The Kier molecular flexibility index (Phi) is 7.69. The number of benzene rings is 3. The number of fused-ring (bicyclic) bond motifs is 1. The van der Waals surface area contributed by atoms with Gasteiger partial charge in [-0.3, -0.25) is 9.80 Å². The van der Waals surface area contributed by atoms with E-state index >= 15 is 0 Å². The van der Waals surface area contributed by atoms with Crippen molar-refractivity contribution in [3.63, 3.8) is 0 Å². The van der Waals surface area contributed by atoms with Crippen molar-refractivity contribution in [3.05, 3.63) is 126 Å². The van der Waals surface area contributed by atoms with E-state index in [0.717, 1.165) is 65.4 Å². The molecular formula is C37H41N5. The number of anilines is 2. The van der Waals surface area contributed by atoms with E-state index in [1.165, 1.54) is 44.8 Å². The molecule has 5 nitrogen and oxygen atoms in total. The summed E-state index contributed by atoms with van der Waals surface area (Å²) in [5, 5.41) is 0. The van der Waals surface area contributed by atoms with Crippen molar-refractivity contribution < 1.29 is 0 Å². The van der Waals surface area contributed by atoms with Gasteiger partial charge in [-0.1, -0.05) is 66.7 Å². The van der Waals surface area contributed by atoms with Crippen molar-refractivity contribution in [2.75, 3.05) is 62.2 Å². The van der Waals surface area contributed by atoms with Gasteiger partial charge in [-0.25, -0.2) is 0 Å². The molecular weight excluding hydrogens is 514 g/mol. The van der Waals surface area contributed by atoms with Crippen LogP contribution in [-0.4, -0.2) is 66.6 Å². The van der Waals surface area contributed by atoms with Crippen LogP contribution in [0.1, 0.15) is 16.8 Å². The van der Waals surface area contributed by atoms with E-state index in [1.54, 1.807) is 0 Å². The summed E-state index contributed by atoms with van der Waals surface area (Å²) in [5.74, 6) is 0. The summed E-state index contributed by atoms with van der Waals surface area (Å²) in [7, 11) is 0. The molecule has 0 radical (unpaired) electrons. The molecule has 5 heteroatoms. The molecule has 0 spiro atoms. The second kappa shape index (κ2) is 12.0. The maximum absolute atomic E-state index is 2.66. The largest absolute Gasteiger partial charge is 0.369 e. The Bertz CT molecular complexity index is 1600. The highest BCUT2D eigenvalue weighted by atomic mass is 15.3. The van der Waals surface area contributed by atoms with Crippen LogP contribution in [0.15, 0.2) is 109 Å². The van der Waals surface area contributed by atoms with Crippen LogP contribution >= 0.6 is 0 Å². The molecule has 7 rings (SSSR count). The number of piperazine rings is 2. The third-order valence-corrected chi connectivity index (χ3v) is 9.11. The van der Waals surface area contributed by atoms with Crippen LogP contribution in [0.5, 0.6) is 0 Å². The molecule has 2 saturated heterocycles. The highest BCUT2D eigenvalue weighted by molar-refractivity contribution is 5.80. The molecule has 0 aliphatic carbocycles. The van der Waals surface area contributed by atoms with Gasteiger partial charge in [-0.2, -0.15) is 0 Å². The molecule has 4 heterocycles. The first kappa shape index (κ1) is 26.8. The zero-order valence-electron chi connectivity index (χ0n) is 24.7. The highest BCUT2D eigenvalue weighted by Crippen LogP contribution is 2.36. The molecule has 0 saturated carbocycles. The van der Waals surface area contributed by atoms with E-state index in [9.17, 15) is 0 Å². The van der Waals surface area contributed by atoms with Crippen LogP contribution in [0.25, 0.3) is 16.6 Å². The second-order valence-electron chi connectivity index (χ2n) is 11.8. The standard InChI is InChI=1S/C37H41N5/c1-30-17-18-42-35(27-30)34(28-38-19-23-40(24-20-38)32-13-7-3-8-14-32)37(31-11-5-2-6-12-31)36(42)29-39-21-25-41(26-22-39)33-15-9-4-10-16-33/h2-18,27H,19-26,28-29H2,1H3. The summed E-state index contributed by atoms with van der Waals surface area (Å²) in [6, 6.07) is 37.5. The zero-order valence-corrected chi connectivity index (χ0v) is 24.7. The quantitative estimate of drug-likeness (QED) is 0.226. The lowest BCUT2D eigenvalue weighted by atomic mass is 9.99. The molecule has 0 bridgehead atoms. The Labute approximate surface area is 250 Å². The van der Waals surface area contributed by atoms with Crippen LogP contribution in [0.4, 0.5) is 11.4 Å². The van der Waals surface area contributed by atoms with Gasteiger partial charge in [-0.05, 0) is 60.0 Å². The fourth-order valence-electron chi connectivity index (χ4n) is 6.80. The van der Waals surface area contributed by atoms with Crippen LogP contribution in [-0.2, 0) is 13.1 Å². The Morgan fingerprint density at radius 2 is 1.05 bits per heavy atom. The van der Waals surface area contributed by atoms with Crippen molar-refractivity contribution in [1.82, 2.24) is 14.2 Å². The van der Waals surface area contributed by atoms with Gasteiger partial charge in [0.25, 0.3) is 0 Å². The Morgan fingerprint density at radius 1 is 0.548 bits per heavy atom. The van der Waals surface area contributed by atoms with Crippen molar-refractivity contribution in [1.29, 1.82) is 0 Å². The predicted octanol–water partition coefficient (Wildman–Crippen LogP) is 6.56. The molecule has 0 amide bonds. The van der Waals surface area contributed by atoms with Crippen molar-refractivity contribution >= 4 is 16.9 Å². The van der Waals surface area contributed by atoms with Gasteiger partial charge in [0, 0.05) is 94.3 Å². The SMILES string of the molecule is Cc1ccn2c(CN3CCN(c4ccccc4)CC3)c(-c3ccccc3)c(CN3CCN(c4ccccc4)CC3)c2c1. The van der Waals surface area contributed by atoms with Crippen molar-refractivity contribution in [3.8, 4) is 11.1 Å². The first-order chi connectivity index (χ1) is 20.7. The van der Waals surface area contributed by atoms with Crippen LogP contribution in [0, 0.1) is 6.92 Å². The first-order valence-corrected chi connectivity index (χ1v) is 15.5. The molecule has 2 aromatic heterocycles. The van der Waals surface area contributed by atoms with Crippen LogP contribution in [0.3, 0.4) is 0 Å². The van der Waals surface area contributed by atoms with Gasteiger partial charge in [0.2, 0.25) is 0 Å². The highest BCUT2D eigenvalue weighted by Gasteiger charge is 2.26. The number of aromatic nitrogens is 1. The Morgan fingerprint density at radius 3 is 1.60 bits per heavy atom. The molecule has 42 heavy (non-hydrogen) atoms. The van der Waals surface area contributed by atoms with Gasteiger partial charge in [-0.15, -0.1) is 0 Å². The minimum Gasteiger partial charge on any atom is -0.369 e. The number of nitrogens with zero attached hydrogens (tertiary/aromatic N) is 5. The predicted molar refractivity (Wildman–Crippen MR) is 175 cm³/mol. The topological polar surface area (TPSA) is 17.4 Å². The molecule has 2 aliphatic rings. The molecule has 214 valence electrons. The van der Waals surface area contributed by atoms with E-state index in [2.05, 4.69) is 140 Å². The smallest absolute Gasteiger partial charge is 0.0507 e. The number of rotatable bonds is 7. The third kappa shape index (κ3) is 5.55. The van der Waals surface area contributed by atoms with Crippen molar-refractivity contribution in [2.24, 2.45) is 0 Å². The first-order valence-electron chi connectivity index (χ1n) is 15.5. The monoisotopic (exact) mass is 555 g/mol. The van der Waals surface area contributed by atoms with E-state index in [-0.39, 0.29) is 0 Å². The van der Waals surface area contributed by atoms with Gasteiger partial charge < -0.3 is 14.2 Å². The molecule has 0 unspecified atom stereocenters. The summed E-state index contributed by atoms with van der Waals surface area (Å²) >= 11 is 0. The van der Waals surface area contributed by atoms with E-state index in [1.807, 2.05) is 0 Å². The van der Waals surface area contributed by atoms with Gasteiger partial charge in [0.1, 0.15) is 0 Å². The van der Waals surface area contributed by atoms with Gasteiger partial charge in [0.15, 0.2) is 0 Å². The van der Waals surface area contributed by atoms with Gasteiger partial charge in [0.05, 0.1) is 5.52 Å². The minimum absolute atomic E-state index is 0.957. The molecule has 3 aromatic carbocycles. The molecule has 2 aliphatic heterocycles. The lowest BCUT2D eigenvalue weighted by Gasteiger charge is -2.36. The van der Waals surface area contributed by atoms with E-state index in [0.29, 0.717) is 0 Å². The van der Waals surface area contributed by atoms with Crippen LogP contribution < -0.4 is 9.80 Å². The average molecular weight is 556 g/mol. The number of para-hydroxylation sites is 2. The Balaban J connectivity index is 1.18. The molecule has 5 aromatic rings.